The first-order chi connectivity index (χ1) is 22.7. The quantitative estimate of drug-likeness (QED) is 0.158. The molecule has 0 atom stereocenters. The Bertz CT molecular complexity index is 1880. The smallest absolute Gasteiger partial charge is 0.410 e. The number of carbonyl (C=O) groups excluding carboxylic acids is 1. The first-order valence-corrected chi connectivity index (χ1v) is 20.2. The number of ether oxygens (including phenoxy) is 2. The Hall–Kier alpha value is -4.49. The van der Waals surface area contributed by atoms with Gasteiger partial charge in [-0.2, -0.15) is 10.1 Å². The van der Waals surface area contributed by atoms with E-state index in [-0.39, 0.29) is 12.7 Å². The number of carbonyl (C=O) groups is 1. The summed E-state index contributed by atoms with van der Waals surface area (Å²) in [5, 5.41) is 14.4. The predicted molar refractivity (Wildman–Crippen MR) is 185 cm³/mol. The van der Waals surface area contributed by atoms with Crippen LogP contribution in [0, 0.1) is 6.92 Å². The minimum atomic E-state index is -1.15. The van der Waals surface area contributed by atoms with E-state index in [4.69, 9.17) is 19.6 Å². The van der Waals surface area contributed by atoms with Gasteiger partial charge < -0.3 is 24.2 Å². The molecule has 0 bridgehead atoms. The van der Waals surface area contributed by atoms with Crippen LogP contribution in [0.4, 0.5) is 16.3 Å². The molecule has 0 N–H and O–H groups in total. The van der Waals surface area contributed by atoms with Gasteiger partial charge in [-0.25, -0.2) is 9.48 Å². The summed E-state index contributed by atoms with van der Waals surface area (Å²) in [6, 6.07) is 15.2. The summed E-state index contributed by atoms with van der Waals surface area (Å²) in [6.45, 7) is 14.8. The average molecular weight is 654 g/mol. The third-order valence-electron chi connectivity index (χ3n) is 9.19. The van der Waals surface area contributed by atoms with Crippen LogP contribution in [0.1, 0.15) is 22.4 Å². The molecule has 5 heterocycles. The van der Waals surface area contributed by atoms with E-state index in [0.717, 1.165) is 53.6 Å². The lowest BCUT2D eigenvalue weighted by molar-refractivity contribution is 0.0817. The number of hydrogen-bond acceptors (Lipinski definition) is 9. The second kappa shape index (κ2) is 13.0. The Labute approximate surface area is 275 Å². The van der Waals surface area contributed by atoms with Gasteiger partial charge in [0.2, 0.25) is 0 Å². The number of aromatic nitrogens is 6. The fraction of sp³-hybridized carbons (Fsp3) is 0.441. The number of amides is 1. The number of fused-ring (bicyclic) bond motifs is 4. The Kier molecular flexibility index (Phi) is 8.58. The molecule has 2 aliphatic heterocycles. The van der Waals surface area contributed by atoms with Crippen molar-refractivity contribution in [1.29, 1.82) is 0 Å². The lowest BCUT2D eigenvalue weighted by atomic mass is 10.0. The van der Waals surface area contributed by atoms with E-state index in [1.807, 2.05) is 45.6 Å². The molecule has 0 radical (unpaired) electrons. The standard InChI is InChI=1S/C34H43N9O3Si/c1-25-10-11-29-28(20-36-43(29)24-45-18-19-47(2,3)4)31(25)41-13-12-27-30(21-41)42-23-35-38-33(42)37-32(27)39-14-16-40(17-15-39)34(44)46-22-26-8-6-5-7-9-26/h5-11,20,23H,12-19,21-22,24H2,1-4H3. The van der Waals surface area contributed by atoms with Gasteiger partial charge in [-0.05, 0) is 36.6 Å². The highest BCUT2D eigenvalue weighted by atomic mass is 28.3. The van der Waals surface area contributed by atoms with Gasteiger partial charge in [0.05, 0.1) is 29.6 Å². The summed E-state index contributed by atoms with van der Waals surface area (Å²) in [7, 11) is -1.15. The molecule has 12 nitrogen and oxygen atoms in total. The van der Waals surface area contributed by atoms with Gasteiger partial charge in [0, 0.05) is 58.4 Å². The molecule has 5 aromatic rings. The minimum absolute atomic E-state index is 0.273. The van der Waals surface area contributed by atoms with Crippen LogP contribution in [-0.2, 0) is 35.8 Å². The highest BCUT2D eigenvalue weighted by Crippen LogP contribution is 2.36. The average Bonchev–Trinajstić information content (AvgIpc) is 3.72. The van der Waals surface area contributed by atoms with E-state index in [0.29, 0.717) is 45.2 Å². The van der Waals surface area contributed by atoms with Crippen molar-refractivity contribution >= 4 is 42.4 Å². The van der Waals surface area contributed by atoms with Crippen molar-refractivity contribution in [1.82, 2.24) is 34.3 Å². The van der Waals surface area contributed by atoms with E-state index >= 15 is 0 Å². The Morgan fingerprint density at radius 3 is 2.57 bits per heavy atom. The maximum absolute atomic E-state index is 12.8. The number of nitrogens with zero attached hydrogens (tertiary/aromatic N) is 9. The molecule has 1 fully saturated rings. The van der Waals surface area contributed by atoms with Crippen molar-refractivity contribution in [3.05, 3.63) is 77.4 Å². The van der Waals surface area contributed by atoms with E-state index in [9.17, 15) is 4.79 Å². The predicted octanol–water partition coefficient (Wildman–Crippen LogP) is 5.12. The molecule has 0 spiro atoms. The molecule has 0 aliphatic carbocycles. The zero-order chi connectivity index (χ0) is 32.5. The maximum Gasteiger partial charge on any atom is 0.410 e. The van der Waals surface area contributed by atoms with Gasteiger partial charge in [0.25, 0.3) is 5.78 Å². The van der Waals surface area contributed by atoms with Gasteiger partial charge >= 0.3 is 6.09 Å². The van der Waals surface area contributed by atoms with Crippen molar-refractivity contribution < 1.29 is 14.3 Å². The van der Waals surface area contributed by atoms with E-state index in [2.05, 4.69) is 58.7 Å². The summed E-state index contributed by atoms with van der Waals surface area (Å²) in [5.74, 6) is 1.53. The van der Waals surface area contributed by atoms with Gasteiger partial charge in [-0.15, -0.1) is 10.2 Å². The molecule has 7 rings (SSSR count). The van der Waals surface area contributed by atoms with Crippen LogP contribution < -0.4 is 9.80 Å². The fourth-order valence-corrected chi connectivity index (χ4v) is 7.29. The van der Waals surface area contributed by atoms with Crippen LogP contribution in [-0.4, -0.2) is 87.8 Å². The van der Waals surface area contributed by atoms with Gasteiger partial charge in [0.1, 0.15) is 25.5 Å². The van der Waals surface area contributed by atoms with Crippen molar-refractivity contribution in [2.24, 2.45) is 0 Å². The van der Waals surface area contributed by atoms with Crippen LogP contribution in [0.25, 0.3) is 16.7 Å². The van der Waals surface area contributed by atoms with Crippen molar-refractivity contribution in [3.63, 3.8) is 0 Å². The third kappa shape index (κ3) is 6.54. The minimum Gasteiger partial charge on any atom is -0.445 e. The summed E-state index contributed by atoms with van der Waals surface area (Å²) < 4.78 is 15.6. The van der Waals surface area contributed by atoms with Crippen LogP contribution in [0.5, 0.6) is 0 Å². The van der Waals surface area contributed by atoms with Crippen molar-refractivity contribution in [2.75, 3.05) is 49.1 Å². The lowest BCUT2D eigenvalue weighted by Gasteiger charge is -2.38. The number of benzene rings is 2. The topological polar surface area (TPSA) is 106 Å². The molecule has 13 heteroatoms. The van der Waals surface area contributed by atoms with Gasteiger partial charge in [-0.3, -0.25) is 4.40 Å². The molecule has 2 aromatic carbocycles. The Morgan fingerprint density at radius 2 is 1.79 bits per heavy atom. The lowest BCUT2D eigenvalue weighted by Crippen LogP contribution is -2.49. The third-order valence-corrected chi connectivity index (χ3v) is 10.9. The molecule has 47 heavy (non-hydrogen) atoms. The zero-order valence-corrected chi connectivity index (χ0v) is 28.7. The molecule has 3 aromatic heterocycles. The summed E-state index contributed by atoms with van der Waals surface area (Å²) in [5.41, 5.74) is 6.82. The SMILES string of the molecule is Cc1ccc2c(cnn2COCC[Si](C)(C)C)c1N1CCc2c(N3CCN(C(=O)OCc4ccccc4)CC3)nc3nncn3c2C1. The molecule has 246 valence electrons. The highest BCUT2D eigenvalue weighted by molar-refractivity contribution is 6.76. The van der Waals surface area contributed by atoms with Gasteiger partial charge in [0.15, 0.2) is 0 Å². The molecular formula is C34H43N9O3Si. The molecular weight excluding hydrogens is 611 g/mol. The second-order valence-electron chi connectivity index (χ2n) is 13.7. The molecule has 1 amide bonds. The number of rotatable bonds is 9. The monoisotopic (exact) mass is 653 g/mol. The zero-order valence-electron chi connectivity index (χ0n) is 27.7. The first kappa shape index (κ1) is 31.1. The van der Waals surface area contributed by atoms with Crippen LogP contribution in [0.15, 0.2) is 55.0 Å². The maximum atomic E-state index is 12.8. The molecule has 0 saturated carbocycles. The fourth-order valence-electron chi connectivity index (χ4n) is 6.53. The van der Waals surface area contributed by atoms with Crippen LogP contribution in [0.3, 0.4) is 0 Å². The largest absolute Gasteiger partial charge is 0.445 e. The number of hydrogen-bond donors (Lipinski definition) is 0. The molecule has 0 unspecified atom stereocenters. The van der Waals surface area contributed by atoms with Crippen molar-refractivity contribution in [2.45, 2.75) is 58.9 Å². The number of piperazine rings is 1. The first-order valence-electron chi connectivity index (χ1n) is 16.4. The van der Waals surface area contributed by atoms with Crippen LogP contribution >= 0.6 is 0 Å². The summed E-state index contributed by atoms with van der Waals surface area (Å²) in [6.07, 6.45) is 4.29. The van der Waals surface area contributed by atoms with Crippen LogP contribution in [0.2, 0.25) is 25.7 Å². The Balaban J connectivity index is 1.08. The number of anilines is 2. The van der Waals surface area contributed by atoms with Crippen molar-refractivity contribution in [3.8, 4) is 0 Å². The highest BCUT2D eigenvalue weighted by Gasteiger charge is 2.30. The van der Waals surface area contributed by atoms with Gasteiger partial charge in [-0.1, -0.05) is 56.0 Å². The Morgan fingerprint density at radius 1 is 0.979 bits per heavy atom. The number of aryl methyl sites for hydroxylation is 1. The van der Waals surface area contributed by atoms with E-state index in [1.54, 1.807) is 11.2 Å². The van der Waals surface area contributed by atoms with E-state index < -0.39 is 8.07 Å². The van der Waals surface area contributed by atoms with E-state index in [1.165, 1.54) is 16.8 Å². The molecule has 2 aliphatic rings. The summed E-state index contributed by atoms with van der Waals surface area (Å²) in [4.78, 5) is 24.3. The second-order valence-corrected chi connectivity index (χ2v) is 19.3. The summed E-state index contributed by atoms with van der Waals surface area (Å²) >= 11 is 0. The normalized spacial score (nSPS) is 15.4. The molecule has 1 saturated heterocycles.